The van der Waals surface area contributed by atoms with E-state index in [0.717, 1.165) is 43.2 Å². The first-order valence-electron chi connectivity index (χ1n) is 7.43. The molecule has 22 heavy (non-hydrogen) atoms. The number of ether oxygens (including phenoxy) is 1. The first-order chi connectivity index (χ1) is 10.2. The molecule has 1 fully saturated rings. The van der Waals surface area contributed by atoms with Crippen LogP contribution < -0.4 is 5.32 Å². The van der Waals surface area contributed by atoms with E-state index in [1.165, 1.54) is 18.4 Å². The molecule has 124 valence electrons. The smallest absolute Gasteiger partial charge is 0.193 e. The van der Waals surface area contributed by atoms with Crippen molar-refractivity contribution in [3.63, 3.8) is 0 Å². The third-order valence-corrected chi connectivity index (χ3v) is 3.81. The van der Waals surface area contributed by atoms with Crippen LogP contribution in [0.25, 0.3) is 0 Å². The van der Waals surface area contributed by atoms with Gasteiger partial charge >= 0.3 is 0 Å². The van der Waals surface area contributed by atoms with Gasteiger partial charge in [0.25, 0.3) is 0 Å². The van der Waals surface area contributed by atoms with Gasteiger partial charge in [-0.2, -0.15) is 0 Å². The Morgan fingerprint density at radius 2 is 2.05 bits per heavy atom. The number of nitrogens with one attached hydrogen (secondary N) is 1. The molecule has 1 aromatic rings. The van der Waals surface area contributed by atoms with Gasteiger partial charge in [-0.1, -0.05) is 23.7 Å². The summed E-state index contributed by atoms with van der Waals surface area (Å²) in [6, 6.07) is 7.83. The van der Waals surface area contributed by atoms with Gasteiger partial charge in [-0.15, -0.1) is 24.0 Å². The third kappa shape index (κ3) is 7.15. The Labute approximate surface area is 155 Å². The lowest BCUT2D eigenvalue weighted by molar-refractivity contribution is 0.115. The van der Waals surface area contributed by atoms with Crippen LogP contribution in [0.1, 0.15) is 18.4 Å². The van der Waals surface area contributed by atoms with Crippen molar-refractivity contribution in [2.24, 2.45) is 10.9 Å². The number of rotatable bonds is 7. The molecule has 0 aromatic heterocycles. The van der Waals surface area contributed by atoms with Gasteiger partial charge in [-0.05, 0) is 36.5 Å². The van der Waals surface area contributed by atoms with E-state index in [9.17, 15) is 0 Å². The molecule has 1 aliphatic rings. The van der Waals surface area contributed by atoms with Crippen molar-refractivity contribution >= 4 is 41.5 Å². The van der Waals surface area contributed by atoms with E-state index in [-0.39, 0.29) is 24.0 Å². The molecule has 4 nitrogen and oxygen atoms in total. The van der Waals surface area contributed by atoms with E-state index in [4.69, 9.17) is 16.3 Å². The Morgan fingerprint density at radius 1 is 1.36 bits per heavy atom. The van der Waals surface area contributed by atoms with Gasteiger partial charge in [-0.3, -0.25) is 4.99 Å². The van der Waals surface area contributed by atoms with Crippen LogP contribution in [0, 0.1) is 5.92 Å². The Morgan fingerprint density at radius 3 is 2.64 bits per heavy atom. The molecule has 6 heteroatoms. The van der Waals surface area contributed by atoms with E-state index in [1.54, 1.807) is 7.05 Å². The number of halogens is 2. The summed E-state index contributed by atoms with van der Waals surface area (Å²) in [6.45, 7) is 3.23. The highest BCUT2D eigenvalue weighted by Crippen LogP contribution is 2.28. The molecule has 0 atom stereocenters. The maximum atomic E-state index is 5.88. The SMILES string of the molecule is CN=C(NCc1ccc(Cl)cc1)N(C)CCOCC1CC1.I. The maximum Gasteiger partial charge on any atom is 0.193 e. The number of aliphatic imine (C=N–C) groups is 1. The third-order valence-electron chi connectivity index (χ3n) is 3.56. The summed E-state index contributed by atoms with van der Waals surface area (Å²) < 4.78 is 5.66. The fraction of sp³-hybridized carbons (Fsp3) is 0.562. The van der Waals surface area contributed by atoms with Crippen molar-refractivity contribution in [1.82, 2.24) is 10.2 Å². The Bertz CT molecular complexity index is 463. The Hall–Kier alpha value is -0.530. The molecule has 0 unspecified atom stereocenters. The molecule has 0 spiro atoms. The van der Waals surface area contributed by atoms with Gasteiger partial charge in [0.15, 0.2) is 5.96 Å². The first-order valence-corrected chi connectivity index (χ1v) is 7.81. The molecule has 1 aromatic carbocycles. The topological polar surface area (TPSA) is 36.9 Å². The summed E-state index contributed by atoms with van der Waals surface area (Å²) in [7, 11) is 3.82. The lowest BCUT2D eigenvalue weighted by Crippen LogP contribution is -2.40. The number of hydrogen-bond acceptors (Lipinski definition) is 2. The van der Waals surface area contributed by atoms with Crippen LogP contribution in [0.4, 0.5) is 0 Å². The predicted octanol–water partition coefficient (Wildman–Crippen LogP) is 3.39. The highest BCUT2D eigenvalue weighted by molar-refractivity contribution is 14.0. The van der Waals surface area contributed by atoms with Crippen LogP contribution in [0.3, 0.4) is 0 Å². The predicted molar refractivity (Wildman–Crippen MR) is 103 cm³/mol. The minimum absolute atomic E-state index is 0. The summed E-state index contributed by atoms with van der Waals surface area (Å²) in [5, 5.41) is 4.10. The van der Waals surface area contributed by atoms with Crippen molar-refractivity contribution in [3.05, 3.63) is 34.9 Å². The lowest BCUT2D eigenvalue weighted by atomic mass is 10.2. The molecular formula is C16H25ClIN3O. The fourth-order valence-corrected chi connectivity index (χ4v) is 2.14. The number of hydrogen-bond donors (Lipinski definition) is 1. The average molecular weight is 438 g/mol. The molecule has 0 radical (unpaired) electrons. The summed E-state index contributed by atoms with van der Waals surface area (Å²) in [4.78, 5) is 6.38. The van der Waals surface area contributed by atoms with E-state index in [1.807, 2.05) is 31.3 Å². The van der Waals surface area contributed by atoms with E-state index in [0.29, 0.717) is 0 Å². The molecule has 0 aliphatic heterocycles. The summed E-state index contributed by atoms with van der Waals surface area (Å²) in [5.41, 5.74) is 1.18. The van der Waals surface area contributed by atoms with Gasteiger partial charge in [0.1, 0.15) is 0 Å². The number of likely N-dealkylation sites (N-methyl/N-ethyl adjacent to an activating group) is 1. The fourth-order valence-electron chi connectivity index (χ4n) is 2.01. The highest BCUT2D eigenvalue weighted by Gasteiger charge is 2.21. The Kier molecular flexibility index (Phi) is 9.12. The average Bonchev–Trinajstić information content (AvgIpc) is 3.30. The second-order valence-corrected chi connectivity index (χ2v) is 5.90. The minimum Gasteiger partial charge on any atom is -0.379 e. The molecule has 2 rings (SSSR count). The van der Waals surface area contributed by atoms with Gasteiger partial charge in [0.2, 0.25) is 0 Å². The van der Waals surface area contributed by atoms with Crippen LogP contribution in [-0.4, -0.2) is 44.7 Å². The zero-order chi connectivity index (χ0) is 15.1. The second kappa shape index (κ2) is 10.3. The minimum atomic E-state index is 0. The van der Waals surface area contributed by atoms with E-state index >= 15 is 0 Å². The molecule has 1 saturated carbocycles. The summed E-state index contributed by atoms with van der Waals surface area (Å²) in [5.74, 6) is 1.69. The molecule has 0 heterocycles. The first kappa shape index (κ1) is 19.5. The largest absolute Gasteiger partial charge is 0.379 e. The van der Waals surface area contributed by atoms with Crippen LogP contribution in [0.5, 0.6) is 0 Å². The molecule has 0 saturated heterocycles. The summed E-state index contributed by atoms with van der Waals surface area (Å²) >= 11 is 5.88. The van der Waals surface area contributed by atoms with Gasteiger partial charge < -0.3 is 15.0 Å². The number of benzene rings is 1. The van der Waals surface area contributed by atoms with Gasteiger partial charge in [0.05, 0.1) is 6.61 Å². The van der Waals surface area contributed by atoms with Crippen molar-refractivity contribution in [1.29, 1.82) is 0 Å². The normalized spacial score (nSPS) is 14.4. The molecule has 0 amide bonds. The summed E-state index contributed by atoms with van der Waals surface area (Å²) in [6.07, 6.45) is 2.67. The number of nitrogens with zero attached hydrogens (tertiary/aromatic N) is 2. The van der Waals surface area contributed by atoms with Crippen LogP contribution in [-0.2, 0) is 11.3 Å². The van der Waals surface area contributed by atoms with Crippen LogP contribution >= 0.6 is 35.6 Å². The maximum absolute atomic E-state index is 5.88. The van der Waals surface area contributed by atoms with Crippen LogP contribution in [0.15, 0.2) is 29.3 Å². The molecule has 0 bridgehead atoms. The van der Waals surface area contributed by atoms with Crippen molar-refractivity contribution < 1.29 is 4.74 Å². The quantitative estimate of drug-likeness (QED) is 0.307. The highest BCUT2D eigenvalue weighted by atomic mass is 127. The lowest BCUT2D eigenvalue weighted by Gasteiger charge is -2.22. The monoisotopic (exact) mass is 437 g/mol. The van der Waals surface area contributed by atoms with Crippen LogP contribution in [0.2, 0.25) is 5.02 Å². The molecule has 1 aliphatic carbocycles. The van der Waals surface area contributed by atoms with Gasteiger partial charge in [0, 0.05) is 38.8 Å². The standard InChI is InChI=1S/C16H24ClN3O.HI/c1-18-16(19-11-13-5-7-15(17)8-6-13)20(2)9-10-21-12-14-3-4-14;/h5-8,14H,3-4,9-12H2,1-2H3,(H,18,19);1H. The zero-order valence-corrected chi connectivity index (χ0v) is 16.3. The van der Waals surface area contributed by atoms with Crippen molar-refractivity contribution in [2.45, 2.75) is 19.4 Å². The number of guanidine groups is 1. The zero-order valence-electron chi connectivity index (χ0n) is 13.2. The van der Waals surface area contributed by atoms with E-state index in [2.05, 4.69) is 15.2 Å². The van der Waals surface area contributed by atoms with Crippen molar-refractivity contribution in [3.8, 4) is 0 Å². The Balaban J connectivity index is 0.00000242. The second-order valence-electron chi connectivity index (χ2n) is 5.47. The van der Waals surface area contributed by atoms with E-state index < -0.39 is 0 Å². The molecule has 1 N–H and O–H groups in total. The van der Waals surface area contributed by atoms with Gasteiger partial charge in [-0.25, -0.2) is 0 Å². The van der Waals surface area contributed by atoms with Crippen molar-refractivity contribution in [2.75, 3.05) is 33.9 Å². The molecular weight excluding hydrogens is 413 g/mol.